The van der Waals surface area contributed by atoms with Gasteiger partial charge in [-0.3, -0.25) is 14.5 Å². The molecule has 178 valence electrons. The van der Waals surface area contributed by atoms with Gasteiger partial charge in [0.25, 0.3) is 0 Å². The zero-order valence-corrected chi connectivity index (χ0v) is 20.3. The summed E-state index contributed by atoms with van der Waals surface area (Å²) in [6.07, 6.45) is 5.86. The summed E-state index contributed by atoms with van der Waals surface area (Å²) < 4.78 is 5.44. The van der Waals surface area contributed by atoms with Gasteiger partial charge >= 0.3 is 0 Å². The van der Waals surface area contributed by atoms with Crippen LogP contribution in [0.4, 0.5) is 0 Å². The summed E-state index contributed by atoms with van der Waals surface area (Å²) in [6, 6.07) is 11.9. The molecule has 1 saturated carbocycles. The van der Waals surface area contributed by atoms with Crippen LogP contribution in [0, 0.1) is 5.92 Å². The second-order valence-corrected chi connectivity index (χ2v) is 10.0. The van der Waals surface area contributed by atoms with E-state index in [9.17, 15) is 9.59 Å². The van der Waals surface area contributed by atoms with E-state index in [-0.39, 0.29) is 17.9 Å². The number of carbonyl (C=O) groups is 2. The normalized spacial score (nSPS) is 18.3. The highest BCUT2D eigenvalue weighted by atomic mass is 32.1. The van der Waals surface area contributed by atoms with Crippen LogP contribution in [-0.2, 0) is 22.4 Å². The Morgan fingerprint density at radius 2 is 1.85 bits per heavy atom. The molecule has 0 spiro atoms. The Kier molecular flexibility index (Phi) is 8.40. The number of hydrogen-bond donors (Lipinski definition) is 1. The molecule has 0 bridgehead atoms. The molecule has 2 heterocycles. The summed E-state index contributed by atoms with van der Waals surface area (Å²) >= 11 is 1.63. The number of para-hydroxylation sites is 1. The first-order valence-corrected chi connectivity index (χ1v) is 13.0. The number of nitrogens with one attached hydrogen (secondary N) is 1. The Morgan fingerprint density at radius 1 is 1.09 bits per heavy atom. The molecule has 6 nitrogen and oxygen atoms in total. The second kappa shape index (κ2) is 11.7. The zero-order valence-electron chi connectivity index (χ0n) is 19.5. The Labute approximate surface area is 200 Å². The molecule has 4 rings (SSSR count). The predicted molar refractivity (Wildman–Crippen MR) is 132 cm³/mol. The summed E-state index contributed by atoms with van der Waals surface area (Å²) in [5.74, 6) is 1.60. The number of rotatable bonds is 9. The quantitative estimate of drug-likeness (QED) is 0.612. The number of benzene rings is 1. The number of nitrogens with zero attached hydrogens (tertiary/aromatic N) is 2. The lowest BCUT2D eigenvalue weighted by atomic mass is 9.95. The van der Waals surface area contributed by atoms with Crippen molar-refractivity contribution in [1.82, 2.24) is 15.1 Å². The summed E-state index contributed by atoms with van der Waals surface area (Å²) in [6.45, 7) is 3.51. The molecule has 1 aliphatic carbocycles. The lowest BCUT2D eigenvalue weighted by Gasteiger charge is -2.40. The molecule has 1 aromatic carbocycles. The molecule has 1 unspecified atom stereocenters. The summed E-state index contributed by atoms with van der Waals surface area (Å²) in [7, 11) is 1.68. The fraction of sp³-hybridized carbons (Fsp3) is 0.538. The molecule has 2 aromatic rings. The fourth-order valence-corrected chi connectivity index (χ4v) is 5.90. The Morgan fingerprint density at radius 3 is 2.55 bits per heavy atom. The summed E-state index contributed by atoms with van der Waals surface area (Å²) in [4.78, 5) is 31.4. The zero-order chi connectivity index (χ0) is 23.0. The lowest BCUT2D eigenvalue weighted by Crippen LogP contribution is -2.58. The Balaban J connectivity index is 1.32. The number of amides is 2. The molecule has 1 saturated heterocycles. The smallest absolute Gasteiger partial charge is 0.237 e. The van der Waals surface area contributed by atoms with E-state index in [2.05, 4.69) is 10.2 Å². The van der Waals surface area contributed by atoms with Crippen LogP contribution >= 0.6 is 11.3 Å². The molecule has 2 amide bonds. The van der Waals surface area contributed by atoms with Crippen molar-refractivity contribution in [2.75, 3.05) is 39.8 Å². The third kappa shape index (κ3) is 6.15. The van der Waals surface area contributed by atoms with Crippen molar-refractivity contribution in [2.45, 2.75) is 44.6 Å². The van der Waals surface area contributed by atoms with Crippen LogP contribution in [-0.4, -0.2) is 67.5 Å². The maximum Gasteiger partial charge on any atom is 0.237 e. The molecule has 1 aromatic heterocycles. The van der Waals surface area contributed by atoms with Gasteiger partial charge in [-0.05, 0) is 48.3 Å². The van der Waals surface area contributed by atoms with Crippen molar-refractivity contribution in [1.29, 1.82) is 0 Å². The highest BCUT2D eigenvalue weighted by Gasteiger charge is 2.37. The molecule has 1 aliphatic heterocycles. The number of hydrogen-bond acceptors (Lipinski definition) is 5. The van der Waals surface area contributed by atoms with Crippen LogP contribution in [0.3, 0.4) is 0 Å². The van der Waals surface area contributed by atoms with Gasteiger partial charge in [-0.2, -0.15) is 0 Å². The molecular formula is C26H35N3O3S. The monoisotopic (exact) mass is 469 g/mol. The molecule has 1 atom stereocenters. The first kappa shape index (κ1) is 23.8. The van der Waals surface area contributed by atoms with Crippen molar-refractivity contribution in [3.63, 3.8) is 0 Å². The Bertz CT molecular complexity index is 903. The first-order chi connectivity index (χ1) is 16.2. The van der Waals surface area contributed by atoms with E-state index in [1.54, 1.807) is 18.4 Å². The van der Waals surface area contributed by atoms with Gasteiger partial charge in [0.1, 0.15) is 5.75 Å². The number of thiophene rings is 1. The predicted octanol–water partition coefficient (Wildman–Crippen LogP) is 3.36. The molecule has 7 heteroatoms. The number of methoxy groups -OCH3 is 1. The minimum atomic E-state index is -0.0975. The van der Waals surface area contributed by atoms with Crippen LogP contribution in [0.1, 0.15) is 36.1 Å². The second-order valence-electron chi connectivity index (χ2n) is 9.02. The third-order valence-corrected chi connectivity index (χ3v) is 7.84. The van der Waals surface area contributed by atoms with Crippen molar-refractivity contribution in [2.24, 2.45) is 5.92 Å². The standard InChI is InChI=1S/C26H35N3O3S/c1-32-23-11-5-4-7-20(23)12-13-27-26(31)25(21-8-2-3-9-21)29-16-14-28(15-17-29)24(30)19-22-10-6-18-33-22/h4-7,10-11,18,21,25H,2-3,8-9,12-17,19H2,1H3,(H,27,31). The maximum atomic E-state index is 13.3. The van der Waals surface area contributed by atoms with Gasteiger partial charge in [0.15, 0.2) is 0 Å². The molecule has 2 aliphatic rings. The number of carbonyl (C=O) groups excluding carboxylic acids is 2. The maximum absolute atomic E-state index is 13.3. The average molecular weight is 470 g/mol. The average Bonchev–Trinajstić information content (AvgIpc) is 3.55. The topological polar surface area (TPSA) is 61.9 Å². The molecule has 1 N–H and O–H groups in total. The van der Waals surface area contributed by atoms with Crippen molar-refractivity contribution < 1.29 is 14.3 Å². The molecule has 33 heavy (non-hydrogen) atoms. The number of piperazine rings is 1. The van der Waals surface area contributed by atoms with Crippen molar-refractivity contribution >= 4 is 23.2 Å². The van der Waals surface area contributed by atoms with E-state index in [1.807, 2.05) is 46.7 Å². The molecule has 2 fully saturated rings. The summed E-state index contributed by atoms with van der Waals surface area (Å²) in [5.41, 5.74) is 1.11. The van der Waals surface area contributed by atoms with Gasteiger partial charge < -0.3 is 15.0 Å². The van der Waals surface area contributed by atoms with Gasteiger partial charge in [-0.15, -0.1) is 11.3 Å². The minimum absolute atomic E-state index is 0.0975. The highest BCUT2D eigenvalue weighted by Crippen LogP contribution is 2.31. The van der Waals surface area contributed by atoms with Gasteiger partial charge in [0.2, 0.25) is 11.8 Å². The molecular weight excluding hydrogens is 434 g/mol. The van der Waals surface area contributed by atoms with Crippen LogP contribution in [0.15, 0.2) is 41.8 Å². The van der Waals surface area contributed by atoms with E-state index in [0.29, 0.717) is 32.0 Å². The van der Waals surface area contributed by atoms with Crippen LogP contribution in [0.2, 0.25) is 0 Å². The third-order valence-electron chi connectivity index (χ3n) is 6.97. The Hall–Kier alpha value is -2.38. The SMILES string of the molecule is COc1ccccc1CCNC(=O)C(C1CCCC1)N1CCN(C(=O)Cc2cccs2)CC1. The number of ether oxygens (including phenoxy) is 1. The highest BCUT2D eigenvalue weighted by molar-refractivity contribution is 7.10. The fourth-order valence-electron chi connectivity index (χ4n) is 5.21. The van der Waals surface area contributed by atoms with Gasteiger partial charge in [-0.1, -0.05) is 37.1 Å². The largest absolute Gasteiger partial charge is 0.496 e. The van der Waals surface area contributed by atoms with Crippen LogP contribution in [0.5, 0.6) is 5.75 Å². The van der Waals surface area contributed by atoms with Crippen molar-refractivity contribution in [3.05, 3.63) is 52.2 Å². The van der Waals surface area contributed by atoms with Gasteiger partial charge in [-0.25, -0.2) is 0 Å². The van der Waals surface area contributed by atoms with E-state index < -0.39 is 0 Å². The lowest BCUT2D eigenvalue weighted by molar-refractivity contribution is -0.134. The molecule has 0 radical (unpaired) electrons. The van der Waals surface area contributed by atoms with Crippen molar-refractivity contribution in [3.8, 4) is 5.75 Å². The summed E-state index contributed by atoms with van der Waals surface area (Å²) in [5, 5.41) is 5.22. The van der Waals surface area contributed by atoms with Gasteiger partial charge in [0.05, 0.1) is 19.6 Å². The van der Waals surface area contributed by atoms with E-state index in [0.717, 1.165) is 48.5 Å². The first-order valence-electron chi connectivity index (χ1n) is 12.1. The van der Waals surface area contributed by atoms with E-state index in [4.69, 9.17) is 4.74 Å². The van der Waals surface area contributed by atoms with E-state index in [1.165, 1.54) is 12.8 Å². The van der Waals surface area contributed by atoms with Gasteiger partial charge in [0, 0.05) is 37.6 Å². The van der Waals surface area contributed by atoms with Crippen LogP contribution < -0.4 is 10.1 Å². The minimum Gasteiger partial charge on any atom is -0.496 e. The van der Waals surface area contributed by atoms with E-state index >= 15 is 0 Å². The van der Waals surface area contributed by atoms with Crippen LogP contribution in [0.25, 0.3) is 0 Å².